The lowest BCUT2D eigenvalue weighted by atomic mass is 9.97. The van der Waals surface area contributed by atoms with Crippen LogP contribution in [-0.2, 0) is 0 Å². The predicted molar refractivity (Wildman–Crippen MR) is 123 cm³/mol. The van der Waals surface area contributed by atoms with Crippen molar-refractivity contribution in [1.29, 1.82) is 0 Å². The second kappa shape index (κ2) is 8.69. The summed E-state index contributed by atoms with van der Waals surface area (Å²) in [5, 5.41) is 10.6. The number of benzene rings is 3. The normalized spacial score (nSPS) is 11.2. The highest BCUT2D eigenvalue weighted by molar-refractivity contribution is 7.22. The van der Waals surface area contributed by atoms with E-state index in [2.05, 4.69) is 4.90 Å². The van der Waals surface area contributed by atoms with Crippen LogP contribution >= 0.6 is 11.3 Å². The lowest BCUT2D eigenvalue weighted by molar-refractivity contribution is 0.104. The second-order valence-corrected chi connectivity index (χ2v) is 8.41. The molecular formula is C25H23NO3S. The van der Waals surface area contributed by atoms with Gasteiger partial charge in [-0.2, -0.15) is 0 Å². The maximum atomic E-state index is 13.5. The van der Waals surface area contributed by atoms with Crippen LogP contribution in [0.2, 0.25) is 0 Å². The Kier molecular flexibility index (Phi) is 5.84. The molecule has 0 bridgehead atoms. The van der Waals surface area contributed by atoms with E-state index in [-0.39, 0.29) is 11.5 Å². The van der Waals surface area contributed by atoms with Gasteiger partial charge in [0.25, 0.3) is 0 Å². The molecule has 0 amide bonds. The first-order chi connectivity index (χ1) is 14.5. The zero-order valence-corrected chi connectivity index (χ0v) is 17.8. The smallest absolute Gasteiger partial charge is 0.195 e. The van der Waals surface area contributed by atoms with Crippen molar-refractivity contribution in [3.63, 3.8) is 0 Å². The maximum Gasteiger partial charge on any atom is 0.195 e. The molecule has 0 unspecified atom stereocenters. The summed E-state index contributed by atoms with van der Waals surface area (Å²) in [5.41, 5.74) is 2.24. The van der Waals surface area contributed by atoms with Crippen LogP contribution in [0.15, 0.2) is 72.8 Å². The number of hydrogen-bond donors (Lipinski definition) is 1. The van der Waals surface area contributed by atoms with Crippen molar-refractivity contribution in [3.8, 4) is 21.9 Å². The molecule has 0 aliphatic rings. The van der Waals surface area contributed by atoms with Gasteiger partial charge < -0.3 is 14.7 Å². The number of nitrogens with zero attached hydrogens (tertiary/aromatic N) is 1. The molecule has 1 N–H and O–H groups in total. The first kappa shape index (κ1) is 20.1. The number of carbonyl (C=O) groups is 1. The largest absolute Gasteiger partial charge is 0.508 e. The number of aromatic hydroxyl groups is 1. The second-order valence-electron chi connectivity index (χ2n) is 7.35. The molecule has 0 atom stereocenters. The van der Waals surface area contributed by atoms with Crippen molar-refractivity contribution >= 4 is 27.2 Å². The van der Waals surface area contributed by atoms with Crippen LogP contribution in [0.25, 0.3) is 20.5 Å². The van der Waals surface area contributed by atoms with E-state index in [0.29, 0.717) is 17.7 Å². The van der Waals surface area contributed by atoms with E-state index in [1.807, 2.05) is 74.8 Å². The Hall–Kier alpha value is -3.15. The van der Waals surface area contributed by atoms with Crippen LogP contribution in [0.3, 0.4) is 0 Å². The molecule has 0 spiro atoms. The van der Waals surface area contributed by atoms with Gasteiger partial charge >= 0.3 is 0 Å². The summed E-state index contributed by atoms with van der Waals surface area (Å²) >= 11 is 1.59. The average Bonchev–Trinajstić information content (AvgIpc) is 3.13. The van der Waals surface area contributed by atoms with Gasteiger partial charge in [-0.25, -0.2) is 0 Å². The Morgan fingerprint density at radius 3 is 2.37 bits per heavy atom. The fourth-order valence-corrected chi connectivity index (χ4v) is 4.49. The van der Waals surface area contributed by atoms with Crippen molar-refractivity contribution in [3.05, 3.63) is 83.9 Å². The number of hydrogen-bond acceptors (Lipinski definition) is 5. The third-order valence-electron chi connectivity index (χ3n) is 4.88. The van der Waals surface area contributed by atoms with Gasteiger partial charge in [0.05, 0.1) is 0 Å². The zero-order chi connectivity index (χ0) is 21.1. The number of likely N-dealkylation sites (N-methyl/N-ethyl adjacent to an activating group) is 1. The van der Waals surface area contributed by atoms with Crippen molar-refractivity contribution in [2.24, 2.45) is 0 Å². The van der Waals surface area contributed by atoms with Crippen molar-refractivity contribution in [2.45, 2.75) is 0 Å². The van der Waals surface area contributed by atoms with E-state index in [1.165, 1.54) is 0 Å². The van der Waals surface area contributed by atoms with E-state index < -0.39 is 0 Å². The highest BCUT2D eigenvalue weighted by Crippen LogP contribution is 2.40. The Balaban J connectivity index is 1.69. The molecule has 1 aromatic heterocycles. The molecule has 152 valence electrons. The lowest BCUT2D eigenvalue weighted by Crippen LogP contribution is -2.19. The number of ether oxygens (including phenoxy) is 1. The molecule has 0 saturated carbocycles. The van der Waals surface area contributed by atoms with Gasteiger partial charge in [-0.3, -0.25) is 4.79 Å². The van der Waals surface area contributed by atoms with E-state index >= 15 is 0 Å². The van der Waals surface area contributed by atoms with Crippen molar-refractivity contribution in [1.82, 2.24) is 4.90 Å². The van der Waals surface area contributed by atoms with Gasteiger partial charge in [0.1, 0.15) is 18.1 Å². The summed E-state index contributed by atoms with van der Waals surface area (Å²) in [7, 11) is 4.00. The monoisotopic (exact) mass is 417 g/mol. The first-order valence-corrected chi connectivity index (χ1v) is 10.6. The molecule has 1 heterocycles. The number of rotatable bonds is 7. The van der Waals surface area contributed by atoms with Crippen molar-refractivity contribution < 1.29 is 14.6 Å². The van der Waals surface area contributed by atoms with Gasteiger partial charge in [-0.1, -0.05) is 18.2 Å². The van der Waals surface area contributed by atoms with Crippen LogP contribution in [0.4, 0.5) is 0 Å². The van der Waals surface area contributed by atoms with Gasteiger partial charge in [0.2, 0.25) is 0 Å². The summed E-state index contributed by atoms with van der Waals surface area (Å²) in [4.78, 5) is 16.5. The lowest BCUT2D eigenvalue weighted by Gasteiger charge is -2.11. The van der Waals surface area contributed by atoms with Gasteiger partial charge in [0.15, 0.2) is 5.78 Å². The molecule has 0 aliphatic heterocycles. The van der Waals surface area contributed by atoms with Gasteiger partial charge in [-0.05, 0) is 74.3 Å². The number of ketones is 1. The number of carbonyl (C=O) groups excluding carboxylic acids is 1. The third-order valence-corrected chi connectivity index (χ3v) is 6.10. The summed E-state index contributed by atoms with van der Waals surface area (Å²) in [6.07, 6.45) is 0. The Labute approximate surface area is 180 Å². The molecule has 30 heavy (non-hydrogen) atoms. The highest BCUT2D eigenvalue weighted by Gasteiger charge is 2.21. The summed E-state index contributed by atoms with van der Waals surface area (Å²) in [6.45, 7) is 1.43. The number of thiophene rings is 1. The van der Waals surface area contributed by atoms with Gasteiger partial charge in [-0.15, -0.1) is 11.3 Å². The maximum absolute atomic E-state index is 13.5. The number of phenols is 1. The molecule has 5 heteroatoms. The standard InChI is InChI=1S/C25H23NO3S/c1-26(2)15-16-29-20-13-9-17(10-14-20)24(28)23-21-5-3-4-6-22(21)30-25(23)18-7-11-19(27)12-8-18/h3-14,27H,15-16H2,1-2H3. The zero-order valence-electron chi connectivity index (χ0n) is 17.0. The Morgan fingerprint density at radius 1 is 0.967 bits per heavy atom. The first-order valence-electron chi connectivity index (χ1n) is 9.76. The fourth-order valence-electron chi connectivity index (χ4n) is 3.28. The minimum atomic E-state index is -0.0182. The van der Waals surface area contributed by atoms with Crippen LogP contribution in [0.1, 0.15) is 15.9 Å². The highest BCUT2D eigenvalue weighted by atomic mass is 32.1. The van der Waals surface area contributed by atoms with Crippen LogP contribution in [0, 0.1) is 0 Å². The Morgan fingerprint density at radius 2 is 1.67 bits per heavy atom. The quantitative estimate of drug-likeness (QED) is 0.407. The van der Waals surface area contributed by atoms with E-state index in [0.717, 1.165) is 32.8 Å². The SMILES string of the molecule is CN(C)CCOc1ccc(C(=O)c2c(-c3ccc(O)cc3)sc3ccccc23)cc1. The molecular weight excluding hydrogens is 394 g/mol. The van der Waals surface area contributed by atoms with E-state index in [4.69, 9.17) is 4.74 Å². The predicted octanol–water partition coefficient (Wildman–Crippen LogP) is 5.45. The van der Waals surface area contributed by atoms with Crippen LogP contribution in [0.5, 0.6) is 11.5 Å². The Bertz CT molecular complexity index is 1160. The fraction of sp³-hybridized carbons (Fsp3) is 0.160. The minimum absolute atomic E-state index is 0.0182. The van der Waals surface area contributed by atoms with E-state index in [1.54, 1.807) is 23.5 Å². The van der Waals surface area contributed by atoms with Crippen LogP contribution < -0.4 is 4.74 Å². The molecule has 0 radical (unpaired) electrons. The minimum Gasteiger partial charge on any atom is -0.508 e. The number of phenolic OH excluding ortho intramolecular Hbond substituents is 1. The summed E-state index contributed by atoms with van der Waals surface area (Å²) in [6, 6.07) is 22.3. The molecule has 0 saturated heterocycles. The molecule has 3 aromatic carbocycles. The third kappa shape index (κ3) is 4.22. The molecule has 4 aromatic rings. The average molecular weight is 418 g/mol. The topological polar surface area (TPSA) is 49.8 Å². The summed E-state index contributed by atoms with van der Waals surface area (Å²) < 4.78 is 6.80. The molecule has 4 rings (SSSR count). The molecule has 0 fully saturated rings. The van der Waals surface area contributed by atoms with Crippen molar-refractivity contribution in [2.75, 3.05) is 27.2 Å². The molecule has 4 nitrogen and oxygen atoms in total. The molecule has 0 aliphatic carbocycles. The van der Waals surface area contributed by atoms with E-state index in [9.17, 15) is 9.90 Å². The van der Waals surface area contributed by atoms with Gasteiger partial charge in [0, 0.05) is 32.6 Å². The van der Waals surface area contributed by atoms with Crippen LogP contribution in [-0.4, -0.2) is 43.0 Å². The summed E-state index contributed by atoms with van der Waals surface area (Å²) in [5.74, 6) is 0.940. The number of fused-ring (bicyclic) bond motifs is 1.